The standard InChI is InChI=1S/C23H26FN5O4/c1-5-17(27-22(32)33-23(2,3)4)20(30)26-18-8-6-7-16(24)19(18)21(31)29-28-15-11-9-14(13-25)10-12-15/h6-12,17,28H,5H2,1-4H3,(H,26,30)(H,27,32)(H,29,31). The van der Waals surface area contributed by atoms with Gasteiger partial charge in [0.25, 0.3) is 5.91 Å². The van der Waals surface area contributed by atoms with Crippen molar-refractivity contribution in [1.29, 1.82) is 5.26 Å². The minimum Gasteiger partial charge on any atom is -0.444 e. The van der Waals surface area contributed by atoms with Gasteiger partial charge in [0.1, 0.15) is 23.0 Å². The first-order valence-electron chi connectivity index (χ1n) is 10.2. The van der Waals surface area contributed by atoms with Gasteiger partial charge in [0.05, 0.1) is 23.0 Å². The Morgan fingerprint density at radius 1 is 1.12 bits per heavy atom. The van der Waals surface area contributed by atoms with Crippen molar-refractivity contribution < 1.29 is 23.5 Å². The van der Waals surface area contributed by atoms with Crippen molar-refractivity contribution >= 4 is 29.3 Å². The van der Waals surface area contributed by atoms with Crippen molar-refractivity contribution in [3.8, 4) is 6.07 Å². The molecule has 4 N–H and O–H groups in total. The number of carbonyl (C=O) groups is 3. The lowest BCUT2D eigenvalue weighted by atomic mass is 10.1. The van der Waals surface area contributed by atoms with Gasteiger partial charge in [-0.05, 0) is 63.6 Å². The van der Waals surface area contributed by atoms with Gasteiger partial charge in [0, 0.05) is 0 Å². The highest BCUT2D eigenvalue weighted by molar-refractivity contribution is 6.05. The third kappa shape index (κ3) is 7.50. The van der Waals surface area contributed by atoms with Crippen LogP contribution in [0.5, 0.6) is 0 Å². The Hall–Kier alpha value is -4.13. The Morgan fingerprint density at radius 3 is 2.36 bits per heavy atom. The number of benzene rings is 2. The molecule has 0 heterocycles. The van der Waals surface area contributed by atoms with Crippen molar-refractivity contribution in [3.63, 3.8) is 0 Å². The molecule has 2 aromatic rings. The molecule has 0 aliphatic heterocycles. The number of amides is 3. The van der Waals surface area contributed by atoms with Gasteiger partial charge in [-0.1, -0.05) is 13.0 Å². The van der Waals surface area contributed by atoms with Gasteiger partial charge in [-0.3, -0.25) is 20.4 Å². The number of carbonyl (C=O) groups excluding carboxylic acids is 3. The van der Waals surface area contributed by atoms with E-state index in [1.165, 1.54) is 12.1 Å². The first kappa shape index (κ1) is 25.1. The molecule has 9 nitrogen and oxygen atoms in total. The number of halogens is 1. The summed E-state index contributed by atoms with van der Waals surface area (Å²) in [7, 11) is 0. The first-order valence-corrected chi connectivity index (χ1v) is 10.2. The van der Waals surface area contributed by atoms with Gasteiger partial charge in [-0.25, -0.2) is 9.18 Å². The van der Waals surface area contributed by atoms with E-state index >= 15 is 0 Å². The van der Waals surface area contributed by atoms with E-state index in [9.17, 15) is 18.8 Å². The summed E-state index contributed by atoms with van der Waals surface area (Å²) in [5.41, 5.74) is 4.69. The van der Waals surface area contributed by atoms with Crippen molar-refractivity contribution in [2.75, 3.05) is 10.7 Å². The Kier molecular flexibility index (Phi) is 8.34. The smallest absolute Gasteiger partial charge is 0.408 e. The van der Waals surface area contributed by atoms with Crippen LogP contribution in [0, 0.1) is 17.1 Å². The van der Waals surface area contributed by atoms with Crippen LogP contribution in [0.1, 0.15) is 50.0 Å². The van der Waals surface area contributed by atoms with Crippen LogP contribution in [-0.4, -0.2) is 29.6 Å². The molecular formula is C23H26FN5O4. The Bertz CT molecular complexity index is 1060. The van der Waals surface area contributed by atoms with Crippen molar-refractivity contribution in [2.45, 2.75) is 45.8 Å². The zero-order chi connectivity index (χ0) is 24.6. The fraction of sp³-hybridized carbons (Fsp3) is 0.304. The summed E-state index contributed by atoms with van der Waals surface area (Å²) >= 11 is 0. The highest BCUT2D eigenvalue weighted by Crippen LogP contribution is 2.20. The number of alkyl carbamates (subject to hydrolysis) is 1. The summed E-state index contributed by atoms with van der Waals surface area (Å²) in [6.07, 6.45) is -0.532. The van der Waals surface area contributed by atoms with Crippen molar-refractivity contribution in [3.05, 3.63) is 59.4 Å². The van der Waals surface area contributed by atoms with Gasteiger partial charge in [-0.2, -0.15) is 5.26 Å². The minimum atomic E-state index is -0.962. The average molecular weight is 455 g/mol. The van der Waals surface area contributed by atoms with E-state index in [0.29, 0.717) is 11.3 Å². The molecule has 0 saturated carbocycles. The van der Waals surface area contributed by atoms with Crippen LogP contribution in [-0.2, 0) is 9.53 Å². The number of hydrazine groups is 1. The van der Waals surface area contributed by atoms with Gasteiger partial charge < -0.3 is 15.4 Å². The number of anilines is 2. The molecule has 2 rings (SSSR count). The number of hydrogen-bond acceptors (Lipinski definition) is 6. The number of rotatable bonds is 7. The van der Waals surface area contributed by atoms with Crippen LogP contribution in [0.4, 0.5) is 20.6 Å². The number of hydrogen-bond donors (Lipinski definition) is 4. The van der Waals surface area contributed by atoms with E-state index in [-0.39, 0.29) is 17.7 Å². The normalized spacial score (nSPS) is 11.5. The van der Waals surface area contributed by atoms with Crippen LogP contribution in [0.15, 0.2) is 42.5 Å². The van der Waals surface area contributed by atoms with E-state index in [0.717, 1.165) is 6.07 Å². The summed E-state index contributed by atoms with van der Waals surface area (Å²) in [6, 6.07) is 11.0. The lowest BCUT2D eigenvalue weighted by molar-refractivity contribution is -0.118. The van der Waals surface area contributed by atoms with E-state index in [4.69, 9.17) is 10.00 Å². The highest BCUT2D eigenvalue weighted by Gasteiger charge is 2.25. The molecule has 0 saturated heterocycles. The van der Waals surface area contributed by atoms with Crippen molar-refractivity contribution in [1.82, 2.24) is 10.7 Å². The summed E-state index contributed by atoms with van der Waals surface area (Å²) in [4.78, 5) is 37.3. The van der Waals surface area contributed by atoms with Crippen LogP contribution >= 0.6 is 0 Å². The molecular weight excluding hydrogens is 429 g/mol. The number of nitrogens with one attached hydrogen (secondary N) is 4. The predicted molar refractivity (Wildman–Crippen MR) is 121 cm³/mol. The fourth-order valence-electron chi connectivity index (χ4n) is 2.70. The minimum absolute atomic E-state index is 0.0661. The first-order chi connectivity index (χ1) is 15.5. The van der Waals surface area contributed by atoms with Gasteiger partial charge in [0.15, 0.2) is 0 Å². The molecule has 10 heteroatoms. The monoisotopic (exact) mass is 455 g/mol. The molecule has 0 aromatic heterocycles. The molecule has 174 valence electrons. The largest absolute Gasteiger partial charge is 0.444 e. The Balaban J connectivity index is 2.11. The van der Waals surface area contributed by atoms with Crippen LogP contribution in [0.25, 0.3) is 0 Å². The lowest BCUT2D eigenvalue weighted by Crippen LogP contribution is -2.45. The molecule has 1 unspecified atom stereocenters. The molecule has 2 aromatic carbocycles. The molecule has 0 bridgehead atoms. The van der Waals surface area contributed by atoms with Crippen LogP contribution < -0.4 is 21.5 Å². The van der Waals surface area contributed by atoms with E-state index < -0.39 is 35.4 Å². The van der Waals surface area contributed by atoms with Gasteiger partial charge >= 0.3 is 6.09 Å². The summed E-state index contributed by atoms with van der Waals surface area (Å²) in [5.74, 6) is -2.32. The molecule has 0 spiro atoms. The maximum atomic E-state index is 14.5. The summed E-state index contributed by atoms with van der Waals surface area (Å²) in [6.45, 7) is 6.76. The van der Waals surface area contributed by atoms with Crippen LogP contribution in [0.3, 0.4) is 0 Å². The topological polar surface area (TPSA) is 132 Å². The Morgan fingerprint density at radius 2 is 1.79 bits per heavy atom. The molecule has 1 atom stereocenters. The average Bonchev–Trinajstić information content (AvgIpc) is 2.75. The maximum Gasteiger partial charge on any atom is 0.408 e. The predicted octanol–water partition coefficient (Wildman–Crippen LogP) is 3.70. The van der Waals surface area contributed by atoms with Crippen molar-refractivity contribution in [2.24, 2.45) is 0 Å². The third-order valence-corrected chi connectivity index (χ3v) is 4.25. The second-order valence-electron chi connectivity index (χ2n) is 8.03. The second-order valence-corrected chi connectivity index (χ2v) is 8.03. The summed E-state index contributed by atoms with van der Waals surface area (Å²) in [5, 5.41) is 13.8. The molecule has 0 aliphatic carbocycles. The highest BCUT2D eigenvalue weighted by atomic mass is 19.1. The van der Waals surface area contributed by atoms with E-state index in [1.807, 2.05) is 6.07 Å². The van der Waals surface area contributed by atoms with Gasteiger partial charge in [-0.15, -0.1) is 0 Å². The Labute approximate surface area is 191 Å². The fourth-order valence-corrected chi connectivity index (χ4v) is 2.70. The van der Waals surface area contributed by atoms with E-state index in [1.54, 1.807) is 52.0 Å². The molecule has 3 amide bonds. The quantitative estimate of drug-likeness (QED) is 0.471. The van der Waals surface area contributed by atoms with E-state index in [2.05, 4.69) is 21.5 Å². The molecule has 0 fully saturated rings. The number of nitrogens with zero attached hydrogens (tertiary/aromatic N) is 1. The number of ether oxygens (including phenoxy) is 1. The zero-order valence-corrected chi connectivity index (χ0v) is 18.8. The number of nitriles is 1. The maximum absolute atomic E-state index is 14.5. The van der Waals surface area contributed by atoms with Gasteiger partial charge in [0.2, 0.25) is 5.91 Å². The zero-order valence-electron chi connectivity index (χ0n) is 18.8. The summed E-state index contributed by atoms with van der Waals surface area (Å²) < 4.78 is 19.6. The third-order valence-electron chi connectivity index (χ3n) is 4.25. The second kappa shape index (κ2) is 10.9. The lowest BCUT2D eigenvalue weighted by Gasteiger charge is -2.23. The molecule has 0 radical (unpaired) electrons. The molecule has 33 heavy (non-hydrogen) atoms. The SMILES string of the molecule is CCC(NC(=O)OC(C)(C)C)C(=O)Nc1cccc(F)c1C(=O)NNc1ccc(C#N)cc1. The molecule has 0 aliphatic rings. The van der Waals surface area contributed by atoms with Crippen LogP contribution in [0.2, 0.25) is 0 Å².